The van der Waals surface area contributed by atoms with Gasteiger partial charge in [0.05, 0.1) is 0 Å². The quantitative estimate of drug-likeness (QED) is 0.525. The summed E-state index contributed by atoms with van der Waals surface area (Å²) in [5.41, 5.74) is 9.05. The fraction of sp³-hybridized carbons (Fsp3) is 0.261. The van der Waals surface area contributed by atoms with Gasteiger partial charge in [0.25, 0.3) is 5.91 Å². The molecule has 0 atom stereocenters. The van der Waals surface area contributed by atoms with Crippen molar-refractivity contribution in [2.45, 2.75) is 12.8 Å². The first-order valence-electron chi connectivity index (χ1n) is 9.91. The van der Waals surface area contributed by atoms with E-state index in [0.717, 1.165) is 36.2 Å². The summed E-state index contributed by atoms with van der Waals surface area (Å²) in [6.07, 6.45) is 5.62. The third-order valence-corrected chi connectivity index (χ3v) is 5.45. The van der Waals surface area contributed by atoms with Gasteiger partial charge in [-0.25, -0.2) is 4.39 Å². The van der Waals surface area contributed by atoms with Crippen LogP contribution in [0, 0.1) is 22.6 Å². The van der Waals surface area contributed by atoms with Crippen LogP contribution in [0.2, 0.25) is 0 Å². The zero-order chi connectivity index (χ0) is 21.5. The molecule has 0 bridgehead atoms. The maximum Gasteiger partial charge on any atom is 0.253 e. The number of halogens is 1. The van der Waals surface area contributed by atoms with Gasteiger partial charge < -0.3 is 26.8 Å². The summed E-state index contributed by atoms with van der Waals surface area (Å²) in [5.74, 6) is 0.0152. The second kappa shape index (κ2) is 9.82. The van der Waals surface area contributed by atoms with Crippen LogP contribution in [0.15, 0.2) is 48.7 Å². The standard InChI is InChI=1S/C23H26FN5O/c24-21-4-1-17(2-5-21)23(30)29-9-7-16(8-10-29)15-28-22-6-3-18(11-19(22)12-25)20(13-26)14-27/h1-6,11-14,16,25-26,28H,7-10,15,27H2/b20-14+,25-12?,26-13?. The van der Waals surface area contributed by atoms with Crippen molar-refractivity contribution in [1.82, 2.24) is 4.90 Å². The van der Waals surface area contributed by atoms with E-state index >= 15 is 0 Å². The lowest BCUT2D eigenvalue weighted by Gasteiger charge is -2.32. The summed E-state index contributed by atoms with van der Waals surface area (Å²) < 4.78 is 13.1. The highest BCUT2D eigenvalue weighted by Crippen LogP contribution is 2.23. The lowest BCUT2D eigenvalue weighted by molar-refractivity contribution is 0.0695. The molecule has 0 unspecified atom stereocenters. The zero-order valence-electron chi connectivity index (χ0n) is 16.7. The molecule has 1 saturated heterocycles. The van der Waals surface area contributed by atoms with E-state index in [1.165, 1.54) is 42.9 Å². The monoisotopic (exact) mass is 407 g/mol. The molecular weight excluding hydrogens is 381 g/mol. The van der Waals surface area contributed by atoms with Crippen LogP contribution in [-0.4, -0.2) is 42.9 Å². The molecule has 30 heavy (non-hydrogen) atoms. The molecule has 0 aliphatic carbocycles. The van der Waals surface area contributed by atoms with Gasteiger partial charge in [0, 0.05) is 60.7 Å². The van der Waals surface area contributed by atoms with Crippen LogP contribution in [0.3, 0.4) is 0 Å². The van der Waals surface area contributed by atoms with Gasteiger partial charge in [-0.2, -0.15) is 0 Å². The van der Waals surface area contributed by atoms with Crippen molar-refractivity contribution in [3.8, 4) is 0 Å². The van der Waals surface area contributed by atoms with Gasteiger partial charge >= 0.3 is 0 Å². The second-order valence-electron chi connectivity index (χ2n) is 7.34. The molecule has 2 aromatic carbocycles. The predicted octanol–water partition coefficient (Wildman–Crippen LogP) is 3.74. The van der Waals surface area contributed by atoms with Crippen LogP contribution in [0.1, 0.15) is 34.3 Å². The van der Waals surface area contributed by atoms with Gasteiger partial charge in [-0.1, -0.05) is 6.07 Å². The summed E-state index contributed by atoms with van der Waals surface area (Å²) in [4.78, 5) is 14.4. The number of likely N-dealkylation sites (tertiary alicyclic amines) is 1. The molecule has 0 spiro atoms. The lowest BCUT2D eigenvalue weighted by Crippen LogP contribution is -2.39. The Bertz CT molecular complexity index is 947. The number of benzene rings is 2. The number of nitrogens with one attached hydrogen (secondary N) is 3. The molecule has 2 aromatic rings. The molecule has 1 fully saturated rings. The van der Waals surface area contributed by atoms with E-state index in [9.17, 15) is 9.18 Å². The molecule has 6 nitrogen and oxygen atoms in total. The molecule has 0 aromatic heterocycles. The van der Waals surface area contributed by atoms with Crippen LogP contribution in [0.25, 0.3) is 5.57 Å². The maximum absolute atomic E-state index is 13.1. The summed E-state index contributed by atoms with van der Waals surface area (Å²) in [5, 5.41) is 18.5. The largest absolute Gasteiger partial charge is 0.404 e. The Kier molecular flexibility index (Phi) is 6.95. The Morgan fingerprint density at radius 1 is 1.13 bits per heavy atom. The van der Waals surface area contributed by atoms with Gasteiger partial charge in [0.2, 0.25) is 0 Å². The molecule has 0 radical (unpaired) electrons. The van der Waals surface area contributed by atoms with E-state index in [1.807, 2.05) is 23.1 Å². The highest BCUT2D eigenvalue weighted by Gasteiger charge is 2.23. The van der Waals surface area contributed by atoms with E-state index in [1.54, 1.807) is 0 Å². The molecule has 1 amide bonds. The molecule has 3 rings (SSSR count). The average Bonchev–Trinajstić information content (AvgIpc) is 2.79. The van der Waals surface area contributed by atoms with Crippen molar-refractivity contribution < 1.29 is 9.18 Å². The SMILES string of the molecule is N=C/C(=C\N)c1ccc(NCC2CCN(C(=O)c3ccc(F)cc3)CC2)c(C=N)c1. The number of carbonyl (C=O) groups excluding carboxylic acids is 1. The zero-order valence-corrected chi connectivity index (χ0v) is 16.7. The number of nitrogens with zero attached hydrogens (tertiary/aromatic N) is 1. The van der Waals surface area contributed by atoms with Gasteiger partial charge in [0.15, 0.2) is 0 Å². The number of allylic oxidation sites excluding steroid dienone is 1. The fourth-order valence-corrected chi connectivity index (χ4v) is 3.62. The minimum absolute atomic E-state index is 0.0574. The summed E-state index contributed by atoms with van der Waals surface area (Å²) in [7, 11) is 0. The molecule has 5 N–H and O–H groups in total. The minimum atomic E-state index is -0.346. The normalized spacial score (nSPS) is 15.0. The van der Waals surface area contributed by atoms with E-state index in [4.69, 9.17) is 16.6 Å². The van der Waals surface area contributed by atoms with Crippen molar-refractivity contribution in [3.63, 3.8) is 0 Å². The molecule has 7 heteroatoms. The number of carbonyl (C=O) groups is 1. The van der Waals surface area contributed by atoms with Gasteiger partial charge in [-0.15, -0.1) is 0 Å². The third-order valence-electron chi connectivity index (χ3n) is 5.45. The van der Waals surface area contributed by atoms with E-state index in [-0.39, 0.29) is 11.7 Å². The van der Waals surface area contributed by atoms with Gasteiger partial charge in [-0.3, -0.25) is 4.79 Å². The van der Waals surface area contributed by atoms with Crippen LogP contribution in [0.5, 0.6) is 0 Å². The summed E-state index contributed by atoms with van der Waals surface area (Å²) in [6, 6.07) is 11.3. The van der Waals surface area contributed by atoms with Crippen molar-refractivity contribution >= 4 is 29.6 Å². The Morgan fingerprint density at radius 3 is 2.40 bits per heavy atom. The lowest BCUT2D eigenvalue weighted by atomic mass is 9.95. The van der Waals surface area contributed by atoms with Crippen molar-refractivity contribution in [1.29, 1.82) is 10.8 Å². The average molecular weight is 407 g/mol. The van der Waals surface area contributed by atoms with E-state index in [0.29, 0.717) is 30.1 Å². The van der Waals surface area contributed by atoms with Crippen molar-refractivity contribution in [2.75, 3.05) is 25.0 Å². The third kappa shape index (κ3) is 4.92. The molecule has 156 valence electrons. The van der Waals surface area contributed by atoms with Gasteiger partial charge in [0.1, 0.15) is 5.82 Å². The Balaban J connectivity index is 1.55. The molecule has 1 aliphatic rings. The van der Waals surface area contributed by atoms with E-state index < -0.39 is 0 Å². The van der Waals surface area contributed by atoms with Crippen LogP contribution < -0.4 is 11.1 Å². The highest BCUT2D eigenvalue weighted by atomic mass is 19.1. The smallest absolute Gasteiger partial charge is 0.253 e. The fourth-order valence-electron chi connectivity index (χ4n) is 3.62. The van der Waals surface area contributed by atoms with Crippen LogP contribution >= 0.6 is 0 Å². The Hall–Kier alpha value is -3.48. The molecule has 1 aliphatic heterocycles. The highest BCUT2D eigenvalue weighted by molar-refractivity contribution is 6.08. The maximum atomic E-state index is 13.1. The van der Waals surface area contributed by atoms with Crippen LogP contribution in [0.4, 0.5) is 10.1 Å². The number of piperidine rings is 1. The Labute approximate surface area is 175 Å². The number of rotatable bonds is 7. The molecule has 0 saturated carbocycles. The summed E-state index contributed by atoms with van der Waals surface area (Å²) >= 11 is 0. The van der Waals surface area contributed by atoms with Gasteiger partial charge in [-0.05, 0) is 60.7 Å². The molecule has 1 heterocycles. The number of anilines is 1. The number of amides is 1. The minimum Gasteiger partial charge on any atom is -0.404 e. The first-order chi connectivity index (χ1) is 14.5. The number of nitrogens with two attached hydrogens (primary N) is 1. The van der Waals surface area contributed by atoms with Crippen LogP contribution in [-0.2, 0) is 0 Å². The van der Waals surface area contributed by atoms with Crippen molar-refractivity contribution in [3.05, 3.63) is 71.2 Å². The predicted molar refractivity (Wildman–Crippen MR) is 119 cm³/mol. The number of hydrogen-bond donors (Lipinski definition) is 4. The van der Waals surface area contributed by atoms with E-state index in [2.05, 4.69) is 5.32 Å². The second-order valence-corrected chi connectivity index (χ2v) is 7.34. The topological polar surface area (TPSA) is 106 Å². The number of hydrogen-bond acceptors (Lipinski definition) is 5. The first kappa shape index (κ1) is 21.2. The Morgan fingerprint density at radius 2 is 1.80 bits per heavy atom. The first-order valence-corrected chi connectivity index (χ1v) is 9.91. The summed E-state index contributed by atoms with van der Waals surface area (Å²) in [6.45, 7) is 2.09. The molecular formula is C23H26FN5O. The van der Waals surface area contributed by atoms with Crippen molar-refractivity contribution in [2.24, 2.45) is 11.7 Å².